The fourth-order valence-electron chi connectivity index (χ4n) is 2.11. The largest absolute Gasteiger partial charge is 0.491 e. The average molecular weight is 268 g/mol. The minimum Gasteiger partial charge on any atom is -0.491 e. The molecule has 2 rings (SSSR count). The smallest absolute Gasteiger partial charge is 0.142 e. The van der Waals surface area contributed by atoms with Gasteiger partial charge in [-0.1, -0.05) is 37.1 Å². The molecule has 1 aromatic carbocycles. The van der Waals surface area contributed by atoms with E-state index >= 15 is 0 Å². The third kappa shape index (κ3) is 3.63. The Labute approximate surface area is 115 Å². The van der Waals surface area contributed by atoms with Crippen LogP contribution in [0.15, 0.2) is 18.2 Å². The van der Waals surface area contributed by atoms with Gasteiger partial charge >= 0.3 is 0 Å². The minimum atomic E-state index is 0.727. The lowest BCUT2D eigenvalue weighted by atomic mass is 9.86. The molecule has 0 saturated heterocycles. The van der Waals surface area contributed by atoms with Gasteiger partial charge in [-0.15, -0.1) is 0 Å². The summed E-state index contributed by atoms with van der Waals surface area (Å²) in [5.74, 6) is 1.60. The summed E-state index contributed by atoms with van der Waals surface area (Å²) in [6, 6.07) is 5.98. The predicted octanol–water partition coefficient (Wildman–Crippen LogP) is 4.02. The van der Waals surface area contributed by atoms with Crippen LogP contribution in [0.1, 0.15) is 38.2 Å². The number of para-hydroxylation sites is 1. The molecule has 3 heteroatoms. The van der Waals surface area contributed by atoms with Crippen molar-refractivity contribution in [3.05, 3.63) is 28.8 Å². The molecule has 100 valence electrons. The molecule has 0 bridgehead atoms. The van der Waals surface area contributed by atoms with E-state index in [0.717, 1.165) is 48.4 Å². The molecule has 0 aromatic heterocycles. The summed E-state index contributed by atoms with van der Waals surface area (Å²) in [4.78, 5) is 0. The average Bonchev–Trinajstić information content (AvgIpc) is 2.30. The molecule has 1 aromatic rings. The molecule has 0 amide bonds. The first-order valence-electron chi connectivity index (χ1n) is 6.92. The van der Waals surface area contributed by atoms with E-state index in [2.05, 4.69) is 18.3 Å². The van der Waals surface area contributed by atoms with E-state index in [1.807, 2.05) is 12.1 Å². The molecule has 1 N–H and O–H groups in total. The molecule has 1 aliphatic rings. The lowest BCUT2D eigenvalue weighted by Gasteiger charge is -2.26. The fraction of sp³-hybridized carbons (Fsp3) is 0.600. The Morgan fingerprint density at radius 2 is 2.22 bits per heavy atom. The molecule has 0 heterocycles. The van der Waals surface area contributed by atoms with Gasteiger partial charge in [0.15, 0.2) is 0 Å². The number of ether oxygens (including phenoxy) is 1. The van der Waals surface area contributed by atoms with Crippen LogP contribution >= 0.6 is 11.6 Å². The number of nitrogens with one attached hydrogen (secondary N) is 1. The van der Waals surface area contributed by atoms with Gasteiger partial charge in [-0.05, 0) is 37.8 Å². The fourth-order valence-corrected chi connectivity index (χ4v) is 2.36. The van der Waals surface area contributed by atoms with Crippen LogP contribution in [0.3, 0.4) is 0 Å². The van der Waals surface area contributed by atoms with Crippen molar-refractivity contribution in [2.24, 2.45) is 5.92 Å². The molecule has 1 saturated carbocycles. The minimum absolute atomic E-state index is 0.727. The van der Waals surface area contributed by atoms with Gasteiger partial charge < -0.3 is 10.1 Å². The summed E-state index contributed by atoms with van der Waals surface area (Å²) in [6.07, 6.45) is 5.09. The summed E-state index contributed by atoms with van der Waals surface area (Å²) in [5, 5.41) is 4.12. The molecule has 0 unspecified atom stereocenters. The molecular weight excluding hydrogens is 246 g/mol. The van der Waals surface area contributed by atoms with Gasteiger partial charge in [-0.25, -0.2) is 0 Å². The van der Waals surface area contributed by atoms with E-state index in [-0.39, 0.29) is 0 Å². The zero-order valence-corrected chi connectivity index (χ0v) is 11.8. The summed E-state index contributed by atoms with van der Waals surface area (Å²) >= 11 is 6.23. The monoisotopic (exact) mass is 267 g/mol. The van der Waals surface area contributed by atoms with Crippen LogP contribution in [0.25, 0.3) is 0 Å². The third-order valence-corrected chi connectivity index (χ3v) is 3.78. The van der Waals surface area contributed by atoms with Crippen molar-refractivity contribution in [2.75, 3.05) is 13.2 Å². The molecule has 0 aliphatic heterocycles. The van der Waals surface area contributed by atoms with Crippen LogP contribution in [-0.2, 0) is 6.54 Å². The molecule has 1 fully saturated rings. The van der Waals surface area contributed by atoms with Crippen molar-refractivity contribution >= 4 is 11.6 Å². The van der Waals surface area contributed by atoms with Crippen LogP contribution in [0.5, 0.6) is 5.75 Å². The van der Waals surface area contributed by atoms with E-state index in [0.29, 0.717) is 0 Å². The molecule has 1 aliphatic carbocycles. The normalized spacial score (nSPS) is 15.4. The Balaban J connectivity index is 1.95. The van der Waals surface area contributed by atoms with Crippen LogP contribution in [-0.4, -0.2) is 13.2 Å². The highest BCUT2D eigenvalue weighted by Gasteiger charge is 2.19. The van der Waals surface area contributed by atoms with E-state index < -0.39 is 0 Å². The van der Waals surface area contributed by atoms with Crippen molar-refractivity contribution in [3.8, 4) is 5.75 Å². The SMILES string of the molecule is CCCNCc1cccc(Cl)c1OCC1CCC1. The summed E-state index contributed by atoms with van der Waals surface area (Å²) in [6.45, 7) is 4.83. The van der Waals surface area contributed by atoms with Gasteiger partial charge in [0.1, 0.15) is 5.75 Å². The second kappa shape index (κ2) is 7.01. The van der Waals surface area contributed by atoms with Crippen LogP contribution < -0.4 is 10.1 Å². The number of hydrogen-bond acceptors (Lipinski definition) is 2. The van der Waals surface area contributed by atoms with Gasteiger partial charge in [0.05, 0.1) is 11.6 Å². The Morgan fingerprint density at radius 3 is 2.89 bits per heavy atom. The van der Waals surface area contributed by atoms with Crippen LogP contribution in [0.4, 0.5) is 0 Å². The highest BCUT2D eigenvalue weighted by atomic mass is 35.5. The van der Waals surface area contributed by atoms with Crippen molar-refractivity contribution < 1.29 is 4.74 Å². The number of benzene rings is 1. The number of halogens is 1. The van der Waals surface area contributed by atoms with E-state index in [1.165, 1.54) is 19.3 Å². The van der Waals surface area contributed by atoms with E-state index in [4.69, 9.17) is 16.3 Å². The van der Waals surface area contributed by atoms with Gasteiger partial charge in [-0.2, -0.15) is 0 Å². The Kier molecular flexibility index (Phi) is 5.33. The first-order valence-corrected chi connectivity index (χ1v) is 7.30. The van der Waals surface area contributed by atoms with Crippen molar-refractivity contribution in [1.29, 1.82) is 0 Å². The Morgan fingerprint density at radius 1 is 1.39 bits per heavy atom. The summed E-state index contributed by atoms with van der Waals surface area (Å²) < 4.78 is 5.93. The maximum absolute atomic E-state index is 6.23. The standard InChI is InChI=1S/C15H22ClNO/c1-2-9-17-10-13-7-4-8-14(16)15(13)18-11-12-5-3-6-12/h4,7-8,12,17H,2-3,5-6,9-11H2,1H3. The molecule has 0 radical (unpaired) electrons. The Bertz CT molecular complexity index is 377. The molecule has 0 atom stereocenters. The van der Waals surface area contributed by atoms with Gasteiger partial charge in [0.2, 0.25) is 0 Å². The van der Waals surface area contributed by atoms with Gasteiger partial charge in [0, 0.05) is 12.1 Å². The number of hydrogen-bond donors (Lipinski definition) is 1. The summed E-state index contributed by atoms with van der Waals surface area (Å²) in [5.41, 5.74) is 1.16. The van der Waals surface area contributed by atoms with E-state index in [9.17, 15) is 0 Å². The Hall–Kier alpha value is -0.730. The number of rotatable bonds is 7. The second-order valence-corrected chi connectivity index (χ2v) is 5.42. The van der Waals surface area contributed by atoms with Crippen LogP contribution in [0.2, 0.25) is 5.02 Å². The highest BCUT2D eigenvalue weighted by Crippen LogP contribution is 2.32. The van der Waals surface area contributed by atoms with Gasteiger partial charge in [-0.3, -0.25) is 0 Å². The maximum atomic E-state index is 6.23. The zero-order chi connectivity index (χ0) is 12.8. The van der Waals surface area contributed by atoms with Crippen molar-refractivity contribution in [3.63, 3.8) is 0 Å². The topological polar surface area (TPSA) is 21.3 Å². The van der Waals surface area contributed by atoms with Crippen molar-refractivity contribution in [1.82, 2.24) is 5.32 Å². The molecular formula is C15H22ClNO. The van der Waals surface area contributed by atoms with Crippen LogP contribution in [0, 0.1) is 5.92 Å². The maximum Gasteiger partial charge on any atom is 0.142 e. The summed E-state index contributed by atoms with van der Waals surface area (Å²) in [7, 11) is 0. The zero-order valence-electron chi connectivity index (χ0n) is 11.0. The quantitative estimate of drug-likeness (QED) is 0.754. The van der Waals surface area contributed by atoms with Gasteiger partial charge in [0.25, 0.3) is 0 Å². The third-order valence-electron chi connectivity index (χ3n) is 3.48. The van der Waals surface area contributed by atoms with Crippen molar-refractivity contribution in [2.45, 2.75) is 39.2 Å². The first-order chi connectivity index (χ1) is 8.81. The second-order valence-electron chi connectivity index (χ2n) is 5.01. The predicted molar refractivity (Wildman–Crippen MR) is 76.3 cm³/mol. The molecule has 2 nitrogen and oxygen atoms in total. The first kappa shape index (κ1) is 13.7. The molecule has 0 spiro atoms. The lowest BCUT2D eigenvalue weighted by molar-refractivity contribution is 0.179. The highest BCUT2D eigenvalue weighted by molar-refractivity contribution is 6.32. The molecule has 18 heavy (non-hydrogen) atoms. The lowest BCUT2D eigenvalue weighted by Crippen LogP contribution is -2.20. The van der Waals surface area contributed by atoms with E-state index in [1.54, 1.807) is 0 Å².